The fourth-order valence-electron chi connectivity index (χ4n) is 3.27. The van der Waals surface area contributed by atoms with Gasteiger partial charge in [0.05, 0.1) is 0 Å². The fourth-order valence-corrected chi connectivity index (χ4v) is 3.27. The number of carbonyl (C=O) groups is 3. The van der Waals surface area contributed by atoms with Gasteiger partial charge in [0.1, 0.15) is 5.60 Å². The average Bonchev–Trinajstić information content (AvgIpc) is 2.75. The molecule has 25 heavy (non-hydrogen) atoms. The minimum absolute atomic E-state index is 0.251. The van der Waals surface area contributed by atoms with Gasteiger partial charge >= 0.3 is 0 Å². The minimum Gasteiger partial charge on any atom is -0.382 e. The topological polar surface area (TPSA) is 71.4 Å². The van der Waals surface area contributed by atoms with Crippen LogP contribution in [0.2, 0.25) is 0 Å². The highest BCUT2D eigenvalue weighted by Gasteiger charge is 2.34. The number of hydrogen-bond donors (Lipinski definition) is 1. The van der Waals surface area contributed by atoms with Crippen LogP contribution >= 0.6 is 0 Å². The molecule has 0 radical (unpaired) electrons. The molecule has 2 aromatic rings. The van der Waals surface area contributed by atoms with Crippen LogP contribution in [0.15, 0.2) is 42.5 Å². The molecule has 0 unspecified atom stereocenters. The van der Waals surface area contributed by atoms with Crippen molar-refractivity contribution in [3.05, 3.63) is 70.3 Å². The lowest BCUT2D eigenvalue weighted by molar-refractivity contribution is 0.0277. The van der Waals surface area contributed by atoms with Crippen molar-refractivity contribution in [3.63, 3.8) is 0 Å². The first-order valence-corrected chi connectivity index (χ1v) is 8.48. The van der Waals surface area contributed by atoms with E-state index in [1.807, 2.05) is 12.1 Å². The van der Waals surface area contributed by atoms with Gasteiger partial charge in [0.2, 0.25) is 11.6 Å². The van der Waals surface area contributed by atoms with Crippen LogP contribution in [0.25, 0.3) is 0 Å². The van der Waals surface area contributed by atoms with Gasteiger partial charge in [-0.25, -0.2) is 0 Å². The van der Waals surface area contributed by atoms with Crippen molar-refractivity contribution in [1.82, 2.24) is 0 Å². The monoisotopic (exact) mass is 336 g/mol. The van der Waals surface area contributed by atoms with E-state index in [1.54, 1.807) is 38.1 Å². The van der Waals surface area contributed by atoms with E-state index in [0.717, 1.165) is 11.1 Å². The number of benzene rings is 2. The number of fused-ring (bicyclic) bond motifs is 2. The van der Waals surface area contributed by atoms with Crippen molar-refractivity contribution in [2.75, 3.05) is 0 Å². The summed E-state index contributed by atoms with van der Waals surface area (Å²) in [6, 6.07) is 11.9. The normalized spacial score (nSPS) is 13.9. The van der Waals surface area contributed by atoms with E-state index in [9.17, 15) is 19.5 Å². The molecule has 0 heterocycles. The van der Waals surface area contributed by atoms with E-state index in [-0.39, 0.29) is 24.0 Å². The summed E-state index contributed by atoms with van der Waals surface area (Å²) in [5, 5.41) is 10.5. The second-order valence-corrected chi connectivity index (χ2v) is 6.43. The van der Waals surface area contributed by atoms with E-state index in [1.165, 1.54) is 6.07 Å². The average molecular weight is 336 g/mol. The van der Waals surface area contributed by atoms with Gasteiger partial charge in [0.15, 0.2) is 5.78 Å². The second kappa shape index (κ2) is 6.37. The minimum atomic E-state index is -1.45. The summed E-state index contributed by atoms with van der Waals surface area (Å²) in [6.07, 6.45) is 1.04. The molecule has 1 aliphatic rings. The van der Waals surface area contributed by atoms with Gasteiger partial charge < -0.3 is 5.11 Å². The van der Waals surface area contributed by atoms with Crippen LogP contribution in [0.3, 0.4) is 0 Å². The molecular weight excluding hydrogens is 316 g/mol. The highest BCUT2D eigenvalue weighted by atomic mass is 16.3. The third-order valence-corrected chi connectivity index (χ3v) is 5.06. The molecule has 128 valence electrons. The first kappa shape index (κ1) is 17.2. The van der Waals surface area contributed by atoms with Crippen LogP contribution < -0.4 is 0 Å². The van der Waals surface area contributed by atoms with Gasteiger partial charge in [0, 0.05) is 16.7 Å². The molecule has 3 rings (SSSR count). The maximum atomic E-state index is 12.7. The maximum absolute atomic E-state index is 12.7. The van der Waals surface area contributed by atoms with E-state index >= 15 is 0 Å². The van der Waals surface area contributed by atoms with Crippen molar-refractivity contribution in [2.45, 2.75) is 38.7 Å². The van der Waals surface area contributed by atoms with E-state index < -0.39 is 23.0 Å². The van der Waals surface area contributed by atoms with Crippen LogP contribution in [0.5, 0.6) is 0 Å². The Hall–Kier alpha value is -2.59. The Kier molecular flexibility index (Phi) is 4.39. The molecule has 1 aliphatic carbocycles. The van der Waals surface area contributed by atoms with Crippen molar-refractivity contribution in [1.29, 1.82) is 0 Å². The molecule has 2 aromatic carbocycles. The molecule has 0 fully saturated rings. The third kappa shape index (κ3) is 2.83. The number of Topliss-reactive ketones (excluding diaryl/α,β-unsaturated/α-hetero) is 3. The second-order valence-electron chi connectivity index (χ2n) is 6.43. The summed E-state index contributed by atoms with van der Waals surface area (Å²) in [7, 11) is 0. The molecule has 0 bridgehead atoms. The third-order valence-electron chi connectivity index (χ3n) is 5.06. The van der Waals surface area contributed by atoms with Crippen molar-refractivity contribution in [3.8, 4) is 0 Å². The molecule has 1 N–H and O–H groups in total. The Balaban J connectivity index is 2.09. The lowest BCUT2D eigenvalue weighted by Crippen LogP contribution is -2.37. The Morgan fingerprint density at radius 2 is 1.56 bits per heavy atom. The molecule has 4 heteroatoms. The number of rotatable bonds is 4. The zero-order valence-corrected chi connectivity index (χ0v) is 14.3. The Morgan fingerprint density at radius 1 is 0.960 bits per heavy atom. The van der Waals surface area contributed by atoms with Crippen molar-refractivity contribution >= 4 is 17.3 Å². The largest absolute Gasteiger partial charge is 0.382 e. The number of carbonyl (C=O) groups excluding carboxylic acids is 3. The Bertz CT molecular complexity index is 875. The van der Waals surface area contributed by atoms with Crippen LogP contribution in [0, 0.1) is 0 Å². The molecule has 0 spiro atoms. The summed E-state index contributed by atoms with van der Waals surface area (Å²) in [5.74, 6) is -1.58. The molecule has 0 aromatic heterocycles. The van der Waals surface area contributed by atoms with Gasteiger partial charge in [-0.3, -0.25) is 14.4 Å². The van der Waals surface area contributed by atoms with Gasteiger partial charge in [-0.05, 0) is 36.5 Å². The maximum Gasteiger partial charge on any atom is 0.233 e. The zero-order chi connectivity index (χ0) is 18.2. The zero-order valence-electron chi connectivity index (χ0n) is 14.3. The summed E-state index contributed by atoms with van der Waals surface area (Å²) in [5.41, 5.74) is 0.997. The van der Waals surface area contributed by atoms with E-state index in [4.69, 9.17) is 0 Å². The smallest absolute Gasteiger partial charge is 0.233 e. The van der Waals surface area contributed by atoms with Crippen LogP contribution in [-0.4, -0.2) is 28.1 Å². The molecule has 0 amide bonds. The summed E-state index contributed by atoms with van der Waals surface area (Å²) in [4.78, 5) is 37.8. The number of ketones is 3. The summed E-state index contributed by atoms with van der Waals surface area (Å²) >= 11 is 0. The quantitative estimate of drug-likeness (QED) is 0.686. The van der Waals surface area contributed by atoms with E-state index in [2.05, 4.69) is 0 Å². The lowest BCUT2D eigenvalue weighted by atomic mass is 9.86. The highest BCUT2D eigenvalue weighted by molar-refractivity contribution is 6.50. The van der Waals surface area contributed by atoms with Gasteiger partial charge in [-0.2, -0.15) is 0 Å². The van der Waals surface area contributed by atoms with Crippen molar-refractivity contribution in [2.24, 2.45) is 0 Å². The highest BCUT2D eigenvalue weighted by Crippen LogP contribution is 2.28. The lowest BCUT2D eigenvalue weighted by Gasteiger charge is -2.23. The Labute approximate surface area is 146 Å². The number of hydrogen-bond acceptors (Lipinski definition) is 4. The van der Waals surface area contributed by atoms with E-state index in [0.29, 0.717) is 12.0 Å². The predicted octanol–water partition coefficient (Wildman–Crippen LogP) is 3.39. The van der Waals surface area contributed by atoms with Gasteiger partial charge in [-0.1, -0.05) is 50.2 Å². The molecule has 0 saturated carbocycles. The first-order chi connectivity index (χ1) is 11.9. The van der Waals surface area contributed by atoms with Gasteiger partial charge in [0.25, 0.3) is 0 Å². The van der Waals surface area contributed by atoms with Crippen LogP contribution in [0.1, 0.15) is 68.9 Å². The predicted molar refractivity (Wildman–Crippen MR) is 94.2 cm³/mol. The standard InChI is InChI=1S/C21H20O4/c1-3-21(25,4-2)20(24)15-10-9-14-11-13-7-5-6-8-16(13)18(22)19(23)17(14)12-15/h5-10,12,25H,3-4,11H2,1-2H3. The van der Waals surface area contributed by atoms with Gasteiger partial charge in [-0.15, -0.1) is 0 Å². The number of aliphatic hydroxyl groups is 1. The summed E-state index contributed by atoms with van der Waals surface area (Å²) in [6.45, 7) is 3.49. The summed E-state index contributed by atoms with van der Waals surface area (Å²) < 4.78 is 0. The molecule has 0 saturated heterocycles. The molecule has 0 atom stereocenters. The van der Waals surface area contributed by atoms with Crippen molar-refractivity contribution < 1.29 is 19.5 Å². The van der Waals surface area contributed by atoms with Crippen LogP contribution in [-0.2, 0) is 6.42 Å². The fraction of sp³-hybridized carbons (Fsp3) is 0.286. The molecule has 4 nitrogen and oxygen atoms in total. The SMILES string of the molecule is CCC(O)(CC)C(=O)c1ccc2c(c1)C(=O)C(=O)c1ccccc1C2. The van der Waals surface area contributed by atoms with Crippen LogP contribution in [0.4, 0.5) is 0 Å². The Morgan fingerprint density at radius 3 is 2.24 bits per heavy atom. The molecular formula is C21H20O4. The molecule has 0 aliphatic heterocycles. The first-order valence-electron chi connectivity index (χ1n) is 8.48.